The predicted molar refractivity (Wildman–Crippen MR) is 87.3 cm³/mol. The van der Waals surface area contributed by atoms with Crippen LogP contribution >= 0.6 is 0 Å². The van der Waals surface area contributed by atoms with Crippen molar-refractivity contribution >= 4 is 10.9 Å². The second-order valence-corrected chi connectivity index (χ2v) is 6.24. The fourth-order valence-corrected chi connectivity index (χ4v) is 3.22. The van der Waals surface area contributed by atoms with Gasteiger partial charge in [0, 0.05) is 6.54 Å². The van der Waals surface area contributed by atoms with Gasteiger partial charge < -0.3 is 4.74 Å². The molecular weight excluding hydrogens is 278 g/mol. The number of rotatable bonds is 3. The molecule has 118 valence electrons. The van der Waals surface area contributed by atoms with E-state index in [9.17, 15) is 4.79 Å². The van der Waals surface area contributed by atoms with Gasteiger partial charge in [-0.2, -0.15) is 0 Å². The normalized spacial score (nSPS) is 19.5. The van der Waals surface area contributed by atoms with Crippen LogP contribution in [0.3, 0.4) is 0 Å². The summed E-state index contributed by atoms with van der Waals surface area (Å²) in [7, 11) is 1.61. The van der Waals surface area contributed by atoms with Gasteiger partial charge in [-0.05, 0) is 50.4 Å². The van der Waals surface area contributed by atoms with Gasteiger partial charge in [0.05, 0.1) is 24.7 Å². The van der Waals surface area contributed by atoms with Gasteiger partial charge in [-0.1, -0.05) is 6.92 Å². The Hall–Kier alpha value is -1.88. The van der Waals surface area contributed by atoms with Crippen molar-refractivity contribution in [3.8, 4) is 5.75 Å². The van der Waals surface area contributed by atoms with Gasteiger partial charge in [0.15, 0.2) is 0 Å². The van der Waals surface area contributed by atoms with Gasteiger partial charge in [-0.15, -0.1) is 0 Å². The van der Waals surface area contributed by atoms with Crippen LogP contribution in [-0.2, 0) is 6.67 Å². The molecule has 1 fully saturated rings. The number of methoxy groups -OCH3 is 1. The lowest BCUT2D eigenvalue weighted by atomic mass is 10.0. The number of aryl methyl sites for hydroxylation is 1. The van der Waals surface area contributed by atoms with Crippen molar-refractivity contribution in [2.24, 2.45) is 5.92 Å². The zero-order valence-corrected chi connectivity index (χ0v) is 13.5. The minimum absolute atomic E-state index is 0.0135. The Morgan fingerprint density at radius 1 is 1.41 bits per heavy atom. The quantitative estimate of drug-likeness (QED) is 0.873. The van der Waals surface area contributed by atoms with Gasteiger partial charge in [0.25, 0.3) is 5.56 Å². The summed E-state index contributed by atoms with van der Waals surface area (Å²) in [6, 6.07) is 5.46. The van der Waals surface area contributed by atoms with E-state index in [-0.39, 0.29) is 5.56 Å². The highest BCUT2D eigenvalue weighted by Gasteiger charge is 2.18. The summed E-state index contributed by atoms with van der Waals surface area (Å²) in [5.41, 5.74) is 0.742. The van der Waals surface area contributed by atoms with Crippen LogP contribution in [0.25, 0.3) is 10.9 Å². The Kier molecular flexibility index (Phi) is 4.16. The number of fused-ring (bicyclic) bond motifs is 1. The van der Waals surface area contributed by atoms with E-state index in [1.807, 2.05) is 19.1 Å². The highest BCUT2D eigenvalue weighted by molar-refractivity contribution is 5.79. The molecule has 0 saturated carbocycles. The SMILES string of the molecule is COc1ccc2nc(C)n(CN3CCCC(C)C3)c(=O)c2c1. The average Bonchev–Trinajstić information content (AvgIpc) is 2.51. The molecule has 0 N–H and O–H groups in total. The van der Waals surface area contributed by atoms with E-state index in [4.69, 9.17) is 4.74 Å². The molecule has 2 heterocycles. The smallest absolute Gasteiger partial charge is 0.262 e. The predicted octanol–water partition coefficient (Wildman–Crippen LogP) is 2.40. The van der Waals surface area contributed by atoms with E-state index in [0.717, 1.165) is 24.4 Å². The number of benzene rings is 1. The minimum Gasteiger partial charge on any atom is -0.497 e. The number of hydrogen-bond acceptors (Lipinski definition) is 4. The molecule has 1 saturated heterocycles. The molecule has 1 aliphatic heterocycles. The third kappa shape index (κ3) is 2.86. The molecule has 1 aromatic heterocycles. The number of ether oxygens (including phenoxy) is 1. The van der Waals surface area contributed by atoms with E-state index >= 15 is 0 Å². The van der Waals surface area contributed by atoms with E-state index in [1.54, 1.807) is 17.7 Å². The van der Waals surface area contributed by atoms with Crippen molar-refractivity contribution in [3.05, 3.63) is 34.4 Å². The summed E-state index contributed by atoms with van der Waals surface area (Å²) in [5, 5.41) is 0.620. The maximum absolute atomic E-state index is 12.8. The Bertz CT molecular complexity index is 738. The standard InChI is InChI=1S/C17H23N3O2/c1-12-5-4-8-19(10-12)11-20-13(2)18-16-7-6-14(22-3)9-15(16)17(20)21/h6-7,9,12H,4-5,8,10-11H2,1-3H3. The van der Waals surface area contributed by atoms with Crippen molar-refractivity contribution in [3.63, 3.8) is 0 Å². The van der Waals surface area contributed by atoms with E-state index < -0.39 is 0 Å². The summed E-state index contributed by atoms with van der Waals surface area (Å²) in [4.78, 5) is 19.7. The van der Waals surface area contributed by atoms with Crippen LogP contribution in [-0.4, -0.2) is 34.7 Å². The van der Waals surface area contributed by atoms with Crippen LogP contribution in [0.5, 0.6) is 5.75 Å². The molecule has 1 aliphatic rings. The van der Waals surface area contributed by atoms with Crippen LogP contribution in [0.2, 0.25) is 0 Å². The zero-order chi connectivity index (χ0) is 15.7. The molecule has 1 aromatic carbocycles. The van der Waals surface area contributed by atoms with Gasteiger partial charge >= 0.3 is 0 Å². The second-order valence-electron chi connectivity index (χ2n) is 6.24. The number of hydrogen-bond donors (Lipinski definition) is 0. The fourth-order valence-electron chi connectivity index (χ4n) is 3.22. The summed E-state index contributed by atoms with van der Waals surface area (Å²) < 4.78 is 7.00. The largest absolute Gasteiger partial charge is 0.497 e. The van der Waals surface area contributed by atoms with E-state index in [2.05, 4.69) is 16.8 Å². The maximum Gasteiger partial charge on any atom is 0.262 e. The zero-order valence-electron chi connectivity index (χ0n) is 13.5. The average molecular weight is 301 g/mol. The number of nitrogens with zero attached hydrogens (tertiary/aromatic N) is 3. The van der Waals surface area contributed by atoms with Crippen LogP contribution < -0.4 is 10.3 Å². The molecule has 0 spiro atoms. The van der Waals surface area contributed by atoms with Gasteiger partial charge in [-0.3, -0.25) is 14.3 Å². The molecule has 0 aliphatic carbocycles. The van der Waals surface area contributed by atoms with Crippen molar-refractivity contribution in [1.29, 1.82) is 0 Å². The summed E-state index contributed by atoms with van der Waals surface area (Å²) >= 11 is 0. The van der Waals surface area contributed by atoms with Crippen LogP contribution in [0.4, 0.5) is 0 Å². The molecule has 0 amide bonds. The van der Waals surface area contributed by atoms with Crippen LogP contribution in [0, 0.1) is 12.8 Å². The lowest BCUT2D eigenvalue weighted by molar-refractivity contribution is 0.142. The van der Waals surface area contributed by atoms with E-state index in [0.29, 0.717) is 23.7 Å². The van der Waals surface area contributed by atoms with Gasteiger partial charge in [0.1, 0.15) is 11.6 Å². The third-order valence-corrected chi connectivity index (χ3v) is 4.43. The summed E-state index contributed by atoms with van der Waals surface area (Å²) in [5.74, 6) is 2.15. The topological polar surface area (TPSA) is 47.4 Å². The van der Waals surface area contributed by atoms with Crippen LogP contribution in [0.15, 0.2) is 23.0 Å². The van der Waals surface area contributed by atoms with Crippen molar-refractivity contribution in [1.82, 2.24) is 14.5 Å². The fraction of sp³-hybridized carbons (Fsp3) is 0.529. The number of aromatic nitrogens is 2. The summed E-state index contributed by atoms with van der Waals surface area (Å²) in [6.45, 7) is 6.88. The molecular formula is C17H23N3O2. The first-order chi connectivity index (χ1) is 10.6. The summed E-state index contributed by atoms with van der Waals surface area (Å²) in [6.07, 6.45) is 2.47. The second kappa shape index (κ2) is 6.08. The van der Waals surface area contributed by atoms with Gasteiger partial charge in [-0.25, -0.2) is 4.98 Å². The Labute approximate surface area is 130 Å². The van der Waals surface area contributed by atoms with Crippen molar-refractivity contribution < 1.29 is 4.74 Å². The lowest BCUT2D eigenvalue weighted by Crippen LogP contribution is -2.39. The Balaban J connectivity index is 1.99. The van der Waals surface area contributed by atoms with Crippen molar-refractivity contribution in [2.45, 2.75) is 33.4 Å². The van der Waals surface area contributed by atoms with E-state index in [1.165, 1.54) is 12.8 Å². The lowest BCUT2D eigenvalue weighted by Gasteiger charge is -2.31. The Morgan fingerprint density at radius 2 is 2.23 bits per heavy atom. The molecule has 1 unspecified atom stereocenters. The van der Waals surface area contributed by atoms with Gasteiger partial charge in [0.2, 0.25) is 0 Å². The monoisotopic (exact) mass is 301 g/mol. The maximum atomic E-state index is 12.8. The highest BCUT2D eigenvalue weighted by atomic mass is 16.5. The third-order valence-electron chi connectivity index (χ3n) is 4.43. The number of likely N-dealkylation sites (tertiary alicyclic amines) is 1. The number of piperidine rings is 1. The molecule has 5 heteroatoms. The van der Waals surface area contributed by atoms with Crippen LogP contribution in [0.1, 0.15) is 25.6 Å². The Morgan fingerprint density at radius 3 is 2.95 bits per heavy atom. The molecule has 0 bridgehead atoms. The molecule has 1 atom stereocenters. The first kappa shape index (κ1) is 15.0. The first-order valence-corrected chi connectivity index (χ1v) is 7.86. The minimum atomic E-state index is 0.0135. The molecule has 0 radical (unpaired) electrons. The molecule has 2 aromatic rings. The molecule has 22 heavy (non-hydrogen) atoms. The van der Waals surface area contributed by atoms with Crippen molar-refractivity contribution in [2.75, 3.05) is 20.2 Å². The highest BCUT2D eigenvalue weighted by Crippen LogP contribution is 2.18. The molecule has 3 rings (SSSR count). The molecule has 5 nitrogen and oxygen atoms in total. The first-order valence-electron chi connectivity index (χ1n) is 7.86.